The van der Waals surface area contributed by atoms with Crippen LogP contribution in [0.2, 0.25) is 0 Å². The number of unbranched alkanes of at least 4 members (excludes halogenated alkanes) is 11. The van der Waals surface area contributed by atoms with Gasteiger partial charge in [-0.2, -0.15) is 0 Å². The van der Waals surface area contributed by atoms with Gasteiger partial charge in [-0.1, -0.05) is 102 Å². The summed E-state index contributed by atoms with van der Waals surface area (Å²) >= 11 is 0. The van der Waals surface area contributed by atoms with Crippen molar-refractivity contribution in [1.29, 1.82) is 0 Å². The van der Waals surface area contributed by atoms with Crippen LogP contribution < -0.4 is 56.5 Å². The topological polar surface area (TPSA) is 60.4 Å². The molecular formula is C21H33KO3. The average molecular weight is 373 g/mol. The van der Waals surface area contributed by atoms with Crippen molar-refractivity contribution < 1.29 is 66.4 Å². The Morgan fingerprint density at radius 2 is 1.36 bits per heavy atom. The SMILES string of the molecule is CCCCCCCCCCCCCCc1cccc([O-])c1C(=O)O.[K+]. The summed E-state index contributed by atoms with van der Waals surface area (Å²) in [7, 11) is 0. The number of aryl methyl sites for hydroxylation is 1. The van der Waals surface area contributed by atoms with E-state index in [-0.39, 0.29) is 62.7 Å². The number of aromatic carboxylic acids is 1. The number of rotatable bonds is 14. The standard InChI is InChI=1S/C21H34O3.K/c1-2-3-4-5-6-7-8-9-10-11-12-13-15-18-16-14-17-19(22)20(18)21(23)24;/h14,16-17,22H,2-13,15H2,1H3,(H,23,24);/q;+1/p-1. The maximum Gasteiger partial charge on any atom is 1.00 e. The number of carbonyl (C=O) groups is 1. The maximum absolute atomic E-state index is 11.6. The quantitative estimate of drug-likeness (QED) is 0.403. The second-order valence-corrected chi connectivity index (χ2v) is 6.73. The molecule has 1 N–H and O–H groups in total. The van der Waals surface area contributed by atoms with Crippen molar-refractivity contribution in [2.45, 2.75) is 90.4 Å². The van der Waals surface area contributed by atoms with Crippen LogP contribution in [0.15, 0.2) is 18.2 Å². The van der Waals surface area contributed by atoms with Gasteiger partial charge in [0.2, 0.25) is 0 Å². The molecule has 4 heteroatoms. The Morgan fingerprint density at radius 1 is 0.880 bits per heavy atom. The third-order valence-electron chi connectivity index (χ3n) is 4.63. The Bertz CT molecular complexity index is 474. The molecule has 0 spiro atoms. The normalized spacial score (nSPS) is 10.4. The van der Waals surface area contributed by atoms with Gasteiger partial charge in [-0.25, -0.2) is 4.79 Å². The van der Waals surface area contributed by atoms with Crippen molar-refractivity contribution >= 4 is 5.97 Å². The van der Waals surface area contributed by atoms with E-state index >= 15 is 0 Å². The summed E-state index contributed by atoms with van der Waals surface area (Å²) in [6, 6.07) is 4.75. The molecule has 25 heavy (non-hydrogen) atoms. The monoisotopic (exact) mass is 372 g/mol. The second kappa shape index (κ2) is 16.3. The van der Waals surface area contributed by atoms with E-state index in [1.165, 1.54) is 70.3 Å². The second-order valence-electron chi connectivity index (χ2n) is 6.73. The smallest absolute Gasteiger partial charge is 0.872 e. The van der Waals surface area contributed by atoms with Crippen LogP contribution in [0.1, 0.15) is 99.9 Å². The number of benzene rings is 1. The average Bonchev–Trinajstić information content (AvgIpc) is 2.55. The van der Waals surface area contributed by atoms with E-state index in [1.807, 2.05) is 0 Å². The molecule has 1 aromatic rings. The fourth-order valence-electron chi connectivity index (χ4n) is 3.18. The zero-order valence-electron chi connectivity index (χ0n) is 16.2. The Balaban J connectivity index is 0.00000576. The van der Waals surface area contributed by atoms with Crippen LogP contribution in [0.3, 0.4) is 0 Å². The molecule has 3 nitrogen and oxygen atoms in total. The summed E-state index contributed by atoms with van der Waals surface area (Å²) in [5, 5.41) is 20.8. The molecule has 0 aliphatic heterocycles. The Morgan fingerprint density at radius 3 is 1.84 bits per heavy atom. The maximum atomic E-state index is 11.6. The molecule has 0 heterocycles. The molecule has 1 rings (SSSR count). The van der Waals surface area contributed by atoms with Crippen LogP contribution in [0.25, 0.3) is 0 Å². The molecule has 0 aromatic heterocycles. The van der Waals surface area contributed by atoms with Crippen LogP contribution in [0.5, 0.6) is 5.75 Å². The molecule has 0 radical (unpaired) electrons. The third kappa shape index (κ3) is 11.4. The summed E-state index contributed by atoms with van der Waals surface area (Å²) in [6.07, 6.45) is 16.1. The Kier molecular flexibility index (Phi) is 16.4. The first-order chi connectivity index (χ1) is 11.7. The molecule has 0 saturated heterocycles. The van der Waals surface area contributed by atoms with E-state index < -0.39 is 5.97 Å². The van der Waals surface area contributed by atoms with Crippen LogP contribution in [-0.4, -0.2) is 11.1 Å². The van der Waals surface area contributed by atoms with Crippen molar-refractivity contribution in [2.75, 3.05) is 0 Å². The Hall–Kier alpha value is 0.126. The first-order valence-electron chi connectivity index (χ1n) is 9.69. The summed E-state index contributed by atoms with van der Waals surface area (Å²) in [6.45, 7) is 2.25. The van der Waals surface area contributed by atoms with Gasteiger partial charge in [0, 0.05) is 0 Å². The molecule has 0 atom stereocenters. The van der Waals surface area contributed by atoms with E-state index in [4.69, 9.17) is 5.11 Å². The van der Waals surface area contributed by atoms with Gasteiger partial charge in [-0.3, -0.25) is 0 Å². The largest absolute Gasteiger partial charge is 1.00 e. The summed E-state index contributed by atoms with van der Waals surface area (Å²) in [5.41, 5.74) is 0.641. The molecule has 0 amide bonds. The molecule has 0 saturated carbocycles. The predicted molar refractivity (Wildman–Crippen MR) is 97.6 cm³/mol. The molecule has 0 aliphatic carbocycles. The van der Waals surface area contributed by atoms with Crippen molar-refractivity contribution in [2.24, 2.45) is 0 Å². The number of carboxylic acid groups (broad SMARTS) is 1. The van der Waals surface area contributed by atoms with Gasteiger partial charge in [-0.15, -0.1) is 0 Å². The molecule has 0 aliphatic rings. The van der Waals surface area contributed by atoms with Crippen molar-refractivity contribution in [3.8, 4) is 5.75 Å². The van der Waals surface area contributed by atoms with Crippen molar-refractivity contribution in [3.05, 3.63) is 29.3 Å². The number of hydrogen-bond acceptors (Lipinski definition) is 2. The van der Waals surface area contributed by atoms with Gasteiger partial charge in [0.15, 0.2) is 0 Å². The fourth-order valence-corrected chi connectivity index (χ4v) is 3.18. The van der Waals surface area contributed by atoms with Gasteiger partial charge < -0.3 is 10.2 Å². The molecule has 1 aromatic carbocycles. The van der Waals surface area contributed by atoms with Crippen molar-refractivity contribution in [3.63, 3.8) is 0 Å². The predicted octanol–water partition coefficient (Wildman–Crippen LogP) is 2.71. The summed E-state index contributed by atoms with van der Waals surface area (Å²) in [4.78, 5) is 11.2. The first-order valence-corrected chi connectivity index (χ1v) is 9.69. The Labute approximate surface area is 196 Å². The molecular weight excluding hydrogens is 339 g/mol. The molecule has 136 valence electrons. The number of carboxylic acids is 1. The van der Waals surface area contributed by atoms with Crippen molar-refractivity contribution in [1.82, 2.24) is 0 Å². The van der Waals surface area contributed by atoms with E-state index in [0.29, 0.717) is 12.0 Å². The zero-order chi connectivity index (χ0) is 17.6. The molecule has 0 unspecified atom stereocenters. The molecule has 0 fully saturated rings. The van der Waals surface area contributed by atoms with Gasteiger partial charge in [-0.05, 0) is 18.4 Å². The fraction of sp³-hybridized carbons (Fsp3) is 0.667. The van der Waals surface area contributed by atoms with E-state index in [1.54, 1.807) is 12.1 Å². The van der Waals surface area contributed by atoms with Crippen LogP contribution >= 0.6 is 0 Å². The minimum absolute atomic E-state index is 0. The van der Waals surface area contributed by atoms with Gasteiger partial charge >= 0.3 is 57.4 Å². The van der Waals surface area contributed by atoms with Crippen LogP contribution in [-0.2, 0) is 6.42 Å². The van der Waals surface area contributed by atoms with Gasteiger partial charge in [0.05, 0.1) is 5.56 Å². The summed E-state index contributed by atoms with van der Waals surface area (Å²) < 4.78 is 0. The van der Waals surface area contributed by atoms with Gasteiger partial charge in [0.1, 0.15) is 0 Å². The first kappa shape index (κ1) is 25.1. The third-order valence-corrected chi connectivity index (χ3v) is 4.63. The minimum Gasteiger partial charge on any atom is -0.872 e. The summed E-state index contributed by atoms with van der Waals surface area (Å²) in [5.74, 6) is -1.48. The zero-order valence-corrected chi connectivity index (χ0v) is 19.3. The van der Waals surface area contributed by atoms with E-state index in [9.17, 15) is 9.90 Å². The molecule has 0 bridgehead atoms. The number of hydrogen-bond donors (Lipinski definition) is 1. The van der Waals surface area contributed by atoms with Crippen LogP contribution in [0.4, 0.5) is 0 Å². The van der Waals surface area contributed by atoms with Gasteiger partial charge in [0.25, 0.3) is 0 Å². The van der Waals surface area contributed by atoms with E-state index in [2.05, 4.69) is 6.92 Å². The van der Waals surface area contributed by atoms with E-state index in [0.717, 1.165) is 12.8 Å². The minimum atomic E-state index is -1.10. The van der Waals surface area contributed by atoms with Crippen LogP contribution in [0, 0.1) is 0 Å².